The molecule has 1 heterocycles. The zero-order chi connectivity index (χ0) is 19.6. The lowest BCUT2D eigenvalue weighted by atomic mass is 10.1. The summed E-state index contributed by atoms with van der Waals surface area (Å²) in [7, 11) is 3.27. The number of rotatable bonds is 12. The second-order valence-corrected chi connectivity index (χ2v) is 7.60. The maximum absolute atomic E-state index is 10.4. The Balaban J connectivity index is 1.98. The molecule has 2 rings (SSSR count). The highest BCUT2D eigenvalue weighted by Gasteiger charge is 2.22. The van der Waals surface area contributed by atoms with E-state index in [1.165, 1.54) is 0 Å². The Bertz CT molecular complexity index is 545. The van der Waals surface area contributed by atoms with Gasteiger partial charge in [0, 0.05) is 32.8 Å². The summed E-state index contributed by atoms with van der Waals surface area (Å²) in [5.41, 5.74) is 1.11. The third-order valence-corrected chi connectivity index (χ3v) is 4.57. The van der Waals surface area contributed by atoms with Crippen LogP contribution in [0, 0.1) is 5.92 Å². The molecule has 0 aliphatic carbocycles. The Hall–Kier alpha value is -1.34. The van der Waals surface area contributed by atoms with E-state index < -0.39 is 6.10 Å². The molecule has 27 heavy (non-hydrogen) atoms. The van der Waals surface area contributed by atoms with E-state index in [-0.39, 0.29) is 6.10 Å². The normalized spacial score (nSPS) is 18.3. The second kappa shape index (κ2) is 11.5. The highest BCUT2D eigenvalue weighted by molar-refractivity contribution is 5.42. The number of aliphatic hydroxyl groups excluding tert-OH is 1. The first kappa shape index (κ1) is 22.0. The summed E-state index contributed by atoms with van der Waals surface area (Å²) >= 11 is 0. The first-order valence-corrected chi connectivity index (χ1v) is 9.82. The minimum absolute atomic E-state index is 0.230. The van der Waals surface area contributed by atoms with Gasteiger partial charge in [0.15, 0.2) is 11.5 Å². The molecular formula is C21H35NO5. The lowest BCUT2D eigenvalue weighted by molar-refractivity contribution is -0.00391. The molecule has 2 atom stereocenters. The van der Waals surface area contributed by atoms with Crippen LogP contribution in [0.15, 0.2) is 18.2 Å². The Morgan fingerprint density at radius 2 is 1.96 bits per heavy atom. The van der Waals surface area contributed by atoms with Crippen molar-refractivity contribution in [1.29, 1.82) is 0 Å². The van der Waals surface area contributed by atoms with E-state index in [4.69, 9.17) is 18.9 Å². The van der Waals surface area contributed by atoms with Crippen LogP contribution in [0.25, 0.3) is 0 Å². The van der Waals surface area contributed by atoms with Gasteiger partial charge in [0.05, 0.1) is 33.0 Å². The smallest absolute Gasteiger partial charge is 0.161 e. The van der Waals surface area contributed by atoms with Crippen LogP contribution in [0.2, 0.25) is 0 Å². The molecule has 1 fully saturated rings. The van der Waals surface area contributed by atoms with E-state index in [0.717, 1.165) is 31.6 Å². The van der Waals surface area contributed by atoms with E-state index in [1.54, 1.807) is 14.2 Å². The van der Waals surface area contributed by atoms with Gasteiger partial charge in [-0.15, -0.1) is 0 Å². The van der Waals surface area contributed by atoms with Crippen molar-refractivity contribution >= 4 is 0 Å². The number of methoxy groups -OCH3 is 2. The van der Waals surface area contributed by atoms with Gasteiger partial charge in [-0.25, -0.2) is 0 Å². The van der Waals surface area contributed by atoms with Gasteiger partial charge in [-0.1, -0.05) is 19.9 Å². The van der Waals surface area contributed by atoms with Crippen molar-refractivity contribution in [3.8, 4) is 11.5 Å². The van der Waals surface area contributed by atoms with Gasteiger partial charge in [-0.3, -0.25) is 4.90 Å². The van der Waals surface area contributed by atoms with E-state index in [0.29, 0.717) is 43.7 Å². The van der Waals surface area contributed by atoms with Crippen LogP contribution in [-0.2, 0) is 16.0 Å². The topological polar surface area (TPSA) is 60.4 Å². The molecule has 154 valence electrons. The average Bonchev–Trinajstić information content (AvgIpc) is 3.14. The van der Waals surface area contributed by atoms with Gasteiger partial charge in [0.2, 0.25) is 0 Å². The van der Waals surface area contributed by atoms with Crippen molar-refractivity contribution in [3.05, 3.63) is 23.8 Å². The van der Waals surface area contributed by atoms with Crippen molar-refractivity contribution in [3.63, 3.8) is 0 Å². The minimum atomic E-state index is -0.523. The number of hydrogen-bond donors (Lipinski definition) is 1. The zero-order valence-electron chi connectivity index (χ0n) is 17.1. The first-order valence-electron chi connectivity index (χ1n) is 9.82. The van der Waals surface area contributed by atoms with Gasteiger partial charge in [0.25, 0.3) is 0 Å². The molecule has 1 aromatic carbocycles. The van der Waals surface area contributed by atoms with Crippen LogP contribution in [0.5, 0.6) is 11.5 Å². The van der Waals surface area contributed by atoms with Crippen LogP contribution >= 0.6 is 0 Å². The maximum Gasteiger partial charge on any atom is 0.161 e. The van der Waals surface area contributed by atoms with Crippen LogP contribution in [-0.4, -0.2) is 69.3 Å². The summed E-state index contributed by atoms with van der Waals surface area (Å²) in [6.45, 7) is 8.11. The molecule has 0 bridgehead atoms. The third-order valence-electron chi connectivity index (χ3n) is 4.57. The van der Waals surface area contributed by atoms with Crippen molar-refractivity contribution in [1.82, 2.24) is 4.90 Å². The fourth-order valence-electron chi connectivity index (χ4n) is 3.31. The fraction of sp³-hybridized carbons (Fsp3) is 0.714. The monoisotopic (exact) mass is 381 g/mol. The SMILES string of the molecule is COc1ccc(CN(C[C@H](O)COCC(C)C)C[C@@H]2CCCO2)cc1OC. The van der Waals surface area contributed by atoms with Gasteiger partial charge >= 0.3 is 0 Å². The van der Waals surface area contributed by atoms with E-state index in [9.17, 15) is 5.11 Å². The van der Waals surface area contributed by atoms with Crippen LogP contribution in [0.4, 0.5) is 0 Å². The molecule has 1 N–H and O–H groups in total. The largest absolute Gasteiger partial charge is 0.493 e. The van der Waals surface area contributed by atoms with Crippen LogP contribution in [0.1, 0.15) is 32.3 Å². The summed E-state index contributed by atoms with van der Waals surface area (Å²) in [6, 6.07) is 5.94. The Kier molecular flexibility index (Phi) is 9.34. The Morgan fingerprint density at radius 1 is 1.19 bits per heavy atom. The number of ether oxygens (including phenoxy) is 4. The second-order valence-electron chi connectivity index (χ2n) is 7.60. The number of benzene rings is 1. The van der Waals surface area contributed by atoms with Crippen molar-refractivity contribution in [2.75, 3.05) is 47.1 Å². The van der Waals surface area contributed by atoms with Gasteiger partial charge in [-0.05, 0) is 36.5 Å². The molecule has 1 aliphatic rings. The predicted molar refractivity (Wildman–Crippen MR) is 105 cm³/mol. The molecule has 1 aromatic rings. The highest BCUT2D eigenvalue weighted by atomic mass is 16.5. The molecule has 0 amide bonds. The standard InChI is InChI=1S/C21H35NO5/c1-16(2)14-26-15-18(23)12-22(13-19-6-5-9-27-19)11-17-7-8-20(24-3)21(10-17)25-4/h7-8,10,16,18-19,23H,5-6,9,11-15H2,1-4H3/t18-,19-/m0/s1. The molecular weight excluding hydrogens is 346 g/mol. The summed E-state index contributed by atoms with van der Waals surface area (Å²) in [6.07, 6.45) is 1.89. The van der Waals surface area contributed by atoms with E-state index in [1.807, 2.05) is 18.2 Å². The van der Waals surface area contributed by atoms with Crippen molar-refractivity contribution in [2.24, 2.45) is 5.92 Å². The number of nitrogens with zero attached hydrogens (tertiary/aromatic N) is 1. The third kappa shape index (κ3) is 7.66. The van der Waals surface area contributed by atoms with Gasteiger partial charge < -0.3 is 24.1 Å². The summed E-state index contributed by atoms with van der Waals surface area (Å²) in [5.74, 6) is 1.90. The van der Waals surface area contributed by atoms with Crippen LogP contribution in [0.3, 0.4) is 0 Å². The number of hydrogen-bond acceptors (Lipinski definition) is 6. The maximum atomic E-state index is 10.4. The molecule has 0 aromatic heterocycles. The van der Waals surface area contributed by atoms with E-state index >= 15 is 0 Å². The molecule has 6 nitrogen and oxygen atoms in total. The summed E-state index contributed by atoms with van der Waals surface area (Å²) in [4.78, 5) is 2.24. The highest BCUT2D eigenvalue weighted by Crippen LogP contribution is 2.28. The lowest BCUT2D eigenvalue weighted by Crippen LogP contribution is -2.39. The van der Waals surface area contributed by atoms with Crippen molar-refractivity contribution in [2.45, 2.75) is 45.4 Å². The first-order chi connectivity index (χ1) is 13.0. The number of aliphatic hydroxyl groups is 1. The lowest BCUT2D eigenvalue weighted by Gasteiger charge is -2.28. The molecule has 0 spiro atoms. The average molecular weight is 382 g/mol. The quantitative estimate of drug-likeness (QED) is 0.601. The molecule has 6 heteroatoms. The minimum Gasteiger partial charge on any atom is -0.493 e. The molecule has 0 saturated carbocycles. The molecule has 1 saturated heterocycles. The molecule has 1 aliphatic heterocycles. The zero-order valence-corrected chi connectivity index (χ0v) is 17.1. The van der Waals surface area contributed by atoms with Gasteiger partial charge in [-0.2, -0.15) is 0 Å². The molecule has 0 unspecified atom stereocenters. The molecule has 0 radical (unpaired) electrons. The summed E-state index contributed by atoms with van der Waals surface area (Å²) in [5, 5.41) is 10.4. The Labute approximate surface area is 163 Å². The fourth-order valence-corrected chi connectivity index (χ4v) is 3.31. The van der Waals surface area contributed by atoms with E-state index in [2.05, 4.69) is 18.7 Å². The van der Waals surface area contributed by atoms with Gasteiger partial charge in [0.1, 0.15) is 0 Å². The van der Waals surface area contributed by atoms with Crippen molar-refractivity contribution < 1.29 is 24.1 Å². The Morgan fingerprint density at radius 3 is 2.59 bits per heavy atom. The van der Waals surface area contributed by atoms with Crippen LogP contribution < -0.4 is 9.47 Å². The summed E-state index contributed by atoms with van der Waals surface area (Å²) < 4.78 is 22.1. The predicted octanol–water partition coefficient (Wildman–Crippen LogP) is 2.72.